The van der Waals surface area contributed by atoms with Gasteiger partial charge in [-0.1, -0.05) is 18.2 Å². The molecule has 2 saturated heterocycles. The third kappa shape index (κ3) is 7.01. The number of hydrogen-bond donors (Lipinski definition) is 4. The zero-order chi connectivity index (χ0) is 35.6. The molecule has 1 aromatic heterocycles. The SMILES string of the molecule is C[NH+]=CN=C(N)c1ccc(C2=CCN(C(=O)CN3CC[C@]4(CCN(c5ccc(N)c(C(=[NH2+])c6ccnc(C(F)(F)F)c6)c5)C4=O)C3)CC2)cc1. The van der Waals surface area contributed by atoms with Crippen LogP contribution in [-0.4, -0.2) is 90.8 Å². The second-order valence-corrected chi connectivity index (χ2v) is 12.9. The number of anilines is 2. The summed E-state index contributed by atoms with van der Waals surface area (Å²) in [6.45, 7) is 2.92. The summed E-state index contributed by atoms with van der Waals surface area (Å²) in [6, 6.07) is 15.1. The Bertz CT molecular complexity index is 1910. The molecule has 3 aliphatic heterocycles. The second-order valence-electron chi connectivity index (χ2n) is 12.9. The predicted octanol–water partition coefficient (Wildman–Crippen LogP) is 0.468. The molecule has 1 spiro atoms. The molecule has 7 N–H and O–H groups in total. The number of hydrogen-bond acceptors (Lipinski definition) is 5. The number of nitrogens with zero attached hydrogens (tertiary/aromatic N) is 5. The van der Waals surface area contributed by atoms with Crippen LogP contribution in [-0.2, 0) is 15.8 Å². The number of aromatic nitrogens is 1. The number of amides is 2. The summed E-state index contributed by atoms with van der Waals surface area (Å²) in [5, 5.41) is 6.32. The highest BCUT2D eigenvalue weighted by Crippen LogP contribution is 2.43. The standard InChI is InChI=1S/C36H38F3N9O2/c1-43-22-45-33(42)25-4-2-23(3-5-25)24-9-14-47(15-10-24)31(49)20-46-16-11-35(21-46)12-17-48(34(35)50)27-6-7-29(40)28(19-27)32(41)26-8-13-44-30(18-26)36(37,38)39/h2-9,13,18-19,22,41H,10-12,14-17,20-21,40H2,1H3,(H2,42,43,45)/p+2/t35-/m0/s1. The van der Waals surface area contributed by atoms with Gasteiger partial charge >= 0.3 is 6.18 Å². The summed E-state index contributed by atoms with van der Waals surface area (Å²) >= 11 is 0. The number of likely N-dealkylation sites (tertiary alicyclic amines) is 1. The zero-order valence-electron chi connectivity index (χ0n) is 27.7. The molecule has 6 rings (SSSR count). The predicted molar refractivity (Wildman–Crippen MR) is 185 cm³/mol. The number of carbonyl (C=O) groups is 2. The van der Waals surface area contributed by atoms with E-state index in [2.05, 4.69) is 25.9 Å². The smallest absolute Gasteiger partial charge is 0.398 e. The summed E-state index contributed by atoms with van der Waals surface area (Å²) in [5.41, 5.74) is 15.0. The van der Waals surface area contributed by atoms with Gasteiger partial charge in [-0.15, -0.1) is 0 Å². The minimum atomic E-state index is -4.63. The van der Waals surface area contributed by atoms with E-state index in [-0.39, 0.29) is 35.3 Å². The lowest BCUT2D eigenvalue weighted by Gasteiger charge is -2.29. The van der Waals surface area contributed by atoms with Crippen LogP contribution in [0.5, 0.6) is 0 Å². The fraction of sp³-hybridized carbons (Fsp3) is 0.333. The average Bonchev–Trinajstić information content (AvgIpc) is 3.68. The molecule has 2 amide bonds. The lowest BCUT2D eigenvalue weighted by Crippen LogP contribution is -2.62. The Morgan fingerprint density at radius 2 is 1.84 bits per heavy atom. The van der Waals surface area contributed by atoms with Crippen molar-refractivity contribution in [1.82, 2.24) is 14.8 Å². The molecule has 0 radical (unpaired) electrons. The Hall–Kier alpha value is -5.37. The Morgan fingerprint density at radius 1 is 1.08 bits per heavy atom. The van der Waals surface area contributed by atoms with Gasteiger partial charge in [-0.25, -0.2) is 0 Å². The Kier molecular flexibility index (Phi) is 9.56. The van der Waals surface area contributed by atoms with E-state index in [1.165, 1.54) is 18.0 Å². The number of benzene rings is 2. The molecule has 11 nitrogen and oxygen atoms in total. The van der Waals surface area contributed by atoms with Crippen molar-refractivity contribution in [3.8, 4) is 0 Å². The molecule has 50 heavy (non-hydrogen) atoms. The van der Waals surface area contributed by atoms with E-state index in [1.807, 2.05) is 29.2 Å². The summed E-state index contributed by atoms with van der Waals surface area (Å²) < 4.78 is 39.8. The van der Waals surface area contributed by atoms with Gasteiger partial charge in [0.1, 0.15) is 5.69 Å². The molecule has 3 aromatic rings. The first-order chi connectivity index (χ1) is 23.9. The number of alkyl halides is 3. The highest BCUT2D eigenvalue weighted by atomic mass is 19.4. The maximum absolute atomic E-state index is 13.9. The van der Waals surface area contributed by atoms with Gasteiger partial charge in [-0.3, -0.25) is 29.9 Å². The van der Waals surface area contributed by atoms with Gasteiger partial charge in [0.15, 0.2) is 0 Å². The van der Waals surface area contributed by atoms with Gasteiger partial charge in [0.05, 0.1) is 24.6 Å². The number of nitrogens with one attached hydrogen (secondary N) is 1. The first-order valence-corrected chi connectivity index (χ1v) is 16.4. The van der Waals surface area contributed by atoms with E-state index >= 15 is 0 Å². The molecule has 3 aliphatic rings. The normalized spacial score (nSPS) is 20.3. The molecule has 260 valence electrons. The fourth-order valence-corrected chi connectivity index (χ4v) is 6.91. The number of aliphatic imine (C=N–C) groups is 1. The lowest BCUT2D eigenvalue weighted by molar-refractivity contribution is -0.414. The molecule has 2 fully saturated rings. The molecular formula is C36H40F3N9O2+2. The van der Waals surface area contributed by atoms with Crippen molar-refractivity contribution in [2.45, 2.75) is 25.4 Å². The van der Waals surface area contributed by atoms with E-state index < -0.39 is 17.3 Å². The summed E-state index contributed by atoms with van der Waals surface area (Å²) in [5.74, 6) is 0.401. The molecular weight excluding hydrogens is 647 g/mol. The summed E-state index contributed by atoms with van der Waals surface area (Å²) in [6.07, 6.45) is 2.02. The van der Waals surface area contributed by atoms with Crippen molar-refractivity contribution in [3.05, 3.63) is 94.8 Å². The first kappa shape index (κ1) is 34.5. The van der Waals surface area contributed by atoms with Crippen LogP contribution in [0.2, 0.25) is 0 Å². The van der Waals surface area contributed by atoms with Crippen LogP contribution in [0.15, 0.2) is 71.9 Å². The van der Waals surface area contributed by atoms with Crippen LogP contribution in [0.4, 0.5) is 24.5 Å². The first-order valence-electron chi connectivity index (χ1n) is 16.4. The molecule has 0 unspecified atom stereocenters. The van der Waals surface area contributed by atoms with E-state index in [1.54, 1.807) is 30.1 Å². The molecule has 14 heteroatoms. The van der Waals surface area contributed by atoms with Crippen molar-refractivity contribution >= 4 is 46.6 Å². The van der Waals surface area contributed by atoms with Crippen LogP contribution in [0.25, 0.3) is 5.57 Å². The van der Waals surface area contributed by atoms with Gasteiger partial charge < -0.3 is 21.3 Å². The minimum Gasteiger partial charge on any atom is -0.398 e. The van der Waals surface area contributed by atoms with Gasteiger partial charge in [0, 0.05) is 54.9 Å². The number of carbonyl (C=O) groups excluding carboxylic acids is 2. The van der Waals surface area contributed by atoms with Gasteiger partial charge in [0.25, 0.3) is 6.34 Å². The Labute approximate surface area is 287 Å². The third-order valence-corrected chi connectivity index (χ3v) is 9.75. The largest absolute Gasteiger partial charge is 0.433 e. The molecule has 1 atom stereocenters. The highest BCUT2D eigenvalue weighted by Gasteiger charge is 2.51. The molecule has 0 bridgehead atoms. The molecule has 2 aromatic carbocycles. The van der Waals surface area contributed by atoms with Crippen LogP contribution in [0.3, 0.4) is 0 Å². The summed E-state index contributed by atoms with van der Waals surface area (Å²) in [4.78, 5) is 43.2. The summed E-state index contributed by atoms with van der Waals surface area (Å²) in [7, 11) is 1.75. The van der Waals surface area contributed by atoms with Crippen molar-refractivity contribution in [2.24, 2.45) is 16.1 Å². The van der Waals surface area contributed by atoms with E-state index in [0.29, 0.717) is 62.7 Å². The Morgan fingerprint density at radius 3 is 2.54 bits per heavy atom. The van der Waals surface area contributed by atoms with Crippen molar-refractivity contribution in [3.63, 3.8) is 0 Å². The number of rotatable bonds is 8. The zero-order valence-corrected chi connectivity index (χ0v) is 27.7. The van der Waals surface area contributed by atoms with Gasteiger partial charge in [-0.2, -0.15) is 13.2 Å². The monoisotopic (exact) mass is 687 g/mol. The van der Waals surface area contributed by atoms with E-state index in [9.17, 15) is 22.8 Å². The number of nitrogen functional groups attached to an aromatic ring is 1. The van der Waals surface area contributed by atoms with Crippen LogP contribution < -0.4 is 26.8 Å². The molecule has 4 heterocycles. The Balaban J connectivity index is 1.06. The van der Waals surface area contributed by atoms with E-state index in [4.69, 9.17) is 16.9 Å². The lowest BCUT2D eigenvalue weighted by atomic mass is 9.85. The topological polar surface area (TPSA) is 161 Å². The van der Waals surface area contributed by atoms with Crippen molar-refractivity contribution in [2.75, 3.05) is 56.9 Å². The third-order valence-electron chi connectivity index (χ3n) is 9.75. The molecule has 0 saturated carbocycles. The van der Waals surface area contributed by atoms with Gasteiger partial charge in [0.2, 0.25) is 23.4 Å². The number of nitrogens with two attached hydrogens (primary N) is 3. The number of amidine groups is 1. The highest BCUT2D eigenvalue weighted by molar-refractivity contribution is 6.13. The van der Waals surface area contributed by atoms with Crippen LogP contribution in [0, 0.1) is 5.41 Å². The van der Waals surface area contributed by atoms with Crippen LogP contribution >= 0.6 is 0 Å². The van der Waals surface area contributed by atoms with E-state index in [0.717, 1.165) is 29.8 Å². The minimum absolute atomic E-state index is 0.0266. The van der Waals surface area contributed by atoms with Crippen molar-refractivity contribution in [1.29, 1.82) is 0 Å². The fourth-order valence-electron chi connectivity index (χ4n) is 6.91. The van der Waals surface area contributed by atoms with Crippen molar-refractivity contribution < 1.29 is 33.2 Å². The number of pyridine rings is 1. The van der Waals surface area contributed by atoms with Gasteiger partial charge in [-0.05, 0) is 84.4 Å². The van der Waals surface area contributed by atoms with Crippen LogP contribution in [0.1, 0.15) is 47.2 Å². The number of halogens is 3. The molecule has 0 aliphatic carbocycles. The maximum atomic E-state index is 13.9. The average molecular weight is 688 g/mol. The quantitative estimate of drug-likeness (QED) is 0.153. The maximum Gasteiger partial charge on any atom is 0.433 e. The second kappa shape index (κ2) is 13.9.